The highest BCUT2D eigenvalue weighted by Crippen LogP contribution is 2.12. The Morgan fingerprint density at radius 2 is 2.50 bits per heavy atom. The molecule has 0 unspecified atom stereocenters. The van der Waals surface area contributed by atoms with Crippen LogP contribution in [0.15, 0.2) is 17.8 Å². The minimum absolute atomic E-state index is 0.698. The number of imidazole rings is 1. The predicted molar refractivity (Wildman–Crippen MR) is 51.8 cm³/mol. The van der Waals surface area contributed by atoms with E-state index in [4.69, 9.17) is 0 Å². The van der Waals surface area contributed by atoms with Gasteiger partial charge in [0.15, 0.2) is 0 Å². The highest BCUT2D eigenvalue weighted by atomic mass is 15.2. The van der Waals surface area contributed by atoms with E-state index < -0.39 is 0 Å². The van der Waals surface area contributed by atoms with Gasteiger partial charge in [-0.2, -0.15) is 0 Å². The van der Waals surface area contributed by atoms with Gasteiger partial charge in [-0.3, -0.25) is 4.57 Å². The van der Waals surface area contributed by atoms with Crippen LogP contribution in [0.3, 0.4) is 0 Å². The van der Waals surface area contributed by atoms with E-state index in [0.717, 1.165) is 12.1 Å². The van der Waals surface area contributed by atoms with Crippen molar-refractivity contribution < 1.29 is 0 Å². The lowest BCUT2D eigenvalue weighted by Gasteiger charge is -1.96. The van der Waals surface area contributed by atoms with Crippen LogP contribution < -0.4 is 0 Å². The van der Waals surface area contributed by atoms with Gasteiger partial charge in [-0.15, -0.1) is 0 Å². The molecule has 1 rings (SSSR count). The van der Waals surface area contributed by atoms with E-state index >= 15 is 0 Å². The Balaban J connectivity index is 2.99. The van der Waals surface area contributed by atoms with Crippen LogP contribution in [0.5, 0.6) is 0 Å². The standard InChI is InChI=1S/C9H13N3/c1-4-6-10-9-11-7-8(3)12(9)5-2/h5-7H,2,4H2,1,3H3/b10-6-. The fourth-order valence-electron chi connectivity index (χ4n) is 0.927. The molecule has 0 aromatic carbocycles. The molecule has 0 spiro atoms. The predicted octanol–water partition coefficient (Wildman–Crippen LogP) is 2.40. The second-order valence-electron chi connectivity index (χ2n) is 2.47. The molecule has 1 aromatic heterocycles. The zero-order valence-electron chi connectivity index (χ0n) is 7.49. The Labute approximate surface area is 72.5 Å². The lowest BCUT2D eigenvalue weighted by molar-refractivity contribution is 1.06. The van der Waals surface area contributed by atoms with Crippen molar-refractivity contribution in [3.8, 4) is 0 Å². The smallest absolute Gasteiger partial charge is 0.233 e. The van der Waals surface area contributed by atoms with Crippen molar-refractivity contribution >= 4 is 18.4 Å². The van der Waals surface area contributed by atoms with Gasteiger partial charge in [0.2, 0.25) is 5.95 Å². The molecule has 0 saturated heterocycles. The number of hydrogen-bond donors (Lipinski definition) is 0. The Kier molecular flexibility index (Phi) is 2.80. The topological polar surface area (TPSA) is 30.2 Å². The van der Waals surface area contributed by atoms with Crippen molar-refractivity contribution in [1.82, 2.24) is 9.55 Å². The Hall–Kier alpha value is -1.38. The van der Waals surface area contributed by atoms with Crippen LogP contribution in [0.2, 0.25) is 0 Å². The summed E-state index contributed by atoms with van der Waals surface area (Å²) < 4.78 is 1.85. The summed E-state index contributed by atoms with van der Waals surface area (Å²) >= 11 is 0. The third-order valence-corrected chi connectivity index (χ3v) is 1.53. The summed E-state index contributed by atoms with van der Waals surface area (Å²) in [6.07, 6.45) is 6.25. The number of aromatic nitrogens is 2. The largest absolute Gasteiger partial charge is 0.289 e. The first kappa shape index (κ1) is 8.71. The lowest BCUT2D eigenvalue weighted by atomic mass is 10.5. The van der Waals surface area contributed by atoms with E-state index in [-0.39, 0.29) is 0 Å². The molecular weight excluding hydrogens is 150 g/mol. The molecule has 3 heteroatoms. The molecule has 1 aromatic rings. The fourth-order valence-corrected chi connectivity index (χ4v) is 0.927. The van der Waals surface area contributed by atoms with E-state index in [1.165, 1.54) is 0 Å². The van der Waals surface area contributed by atoms with Gasteiger partial charge in [0, 0.05) is 18.1 Å². The zero-order chi connectivity index (χ0) is 8.97. The molecule has 0 amide bonds. The highest BCUT2D eigenvalue weighted by molar-refractivity contribution is 5.61. The maximum absolute atomic E-state index is 4.17. The first-order valence-electron chi connectivity index (χ1n) is 3.98. The Morgan fingerprint density at radius 3 is 3.08 bits per heavy atom. The molecule has 64 valence electrons. The van der Waals surface area contributed by atoms with Gasteiger partial charge in [-0.1, -0.05) is 13.5 Å². The summed E-state index contributed by atoms with van der Waals surface area (Å²) in [4.78, 5) is 8.29. The van der Waals surface area contributed by atoms with Crippen LogP contribution in [0, 0.1) is 6.92 Å². The Bertz CT molecular complexity index is 297. The van der Waals surface area contributed by atoms with Crippen molar-refractivity contribution in [1.29, 1.82) is 0 Å². The molecule has 0 radical (unpaired) electrons. The molecule has 0 aliphatic rings. The minimum Gasteiger partial charge on any atom is -0.289 e. The van der Waals surface area contributed by atoms with E-state index in [2.05, 4.69) is 16.6 Å². The van der Waals surface area contributed by atoms with E-state index in [0.29, 0.717) is 5.95 Å². The average Bonchev–Trinajstić information content (AvgIpc) is 2.43. The van der Waals surface area contributed by atoms with Gasteiger partial charge in [-0.25, -0.2) is 9.98 Å². The highest BCUT2D eigenvalue weighted by Gasteiger charge is 1.99. The van der Waals surface area contributed by atoms with E-state index in [9.17, 15) is 0 Å². The summed E-state index contributed by atoms with van der Waals surface area (Å²) in [5, 5.41) is 0. The van der Waals surface area contributed by atoms with Gasteiger partial charge in [0.05, 0.1) is 6.20 Å². The summed E-state index contributed by atoms with van der Waals surface area (Å²) in [5.74, 6) is 0.698. The SMILES string of the molecule is C=Cn1c(C)cnc1/N=C\CC. The van der Waals surface area contributed by atoms with Gasteiger partial charge < -0.3 is 0 Å². The molecule has 0 bridgehead atoms. The van der Waals surface area contributed by atoms with Crippen LogP contribution >= 0.6 is 0 Å². The third kappa shape index (κ3) is 1.61. The number of aryl methyl sites for hydroxylation is 1. The molecule has 0 atom stereocenters. The number of rotatable bonds is 3. The van der Waals surface area contributed by atoms with Crippen molar-refractivity contribution in [3.05, 3.63) is 18.5 Å². The minimum atomic E-state index is 0.698. The van der Waals surface area contributed by atoms with Crippen LogP contribution in [0.1, 0.15) is 19.0 Å². The average molecular weight is 163 g/mol. The zero-order valence-corrected chi connectivity index (χ0v) is 7.49. The number of hydrogen-bond acceptors (Lipinski definition) is 2. The molecule has 0 aliphatic carbocycles. The van der Waals surface area contributed by atoms with E-state index in [1.54, 1.807) is 12.4 Å². The van der Waals surface area contributed by atoms with Crippen LogP contribution in [-0.4, -0.2) is 15.8 Å². The normalized spacial score (nSPS) is 10.8. The molecule has 0 aliphatic heterocycles. The molecule has 1 heterocycles. The monoisotopic (exact) mass is 163 g/mol. The van der Waals surface area contributed by atoms with Gasteiger partial charge in [-0.05, 0) is 13.3 Å². The second kappa shape index (κ2) is 3.85. The first-order valence-corrected chi connectivity index (χ1v) is 3.98. The second-order valence-corrected chi connectivity index (χ2v) is 2.47. The maximum Gasteiger partial charge on any atom is 0.233 e. The van der Waals surface area contributed by atoms with Crippen molar-refractivity contribution in [3.63, 3.8) is 0 Å². The summed E-state index contributed by atoms with van der Waals surface area (Å²) in [7, 11) is 0. The van der Waals surface area contributed by atoms with Crippen molar-refractivity contribution in [2.45, 2.75) is 20.3 Å². The van der Waals surface area contributed by atoms with Crippen LogP contribution in [0.25, 0.3) is 6.20 Å². The molecule has 0 fully saturated rings. The molecule has 0 saturated carbocycles. The molecule has 0 N–H and O–H groups in total. The van der Waals surface area contributed by atoms with Gasteiger partial charge >= 0.3 is 0 Å². The Morgan fingerprint density at radius 1 is 1.75 bits per heavy atom. The fraction of sp³-hybridized carbons (Fsp3) is 0.333. The quantitative estimate of drug-likeness (QED) is 0.629. The molecule has 3 nitrogen and oxygen atoms in total. The number of nitrogens with zero attached hydrogens (tertiary/aromatic N) is 3. The summed E-state index contributed by atoms with van der Waals surface area (Å²) in [6.45, 7) is 7.69. The van der Waals surface area contributed by atoms with Crippen molar-refractivity contribution in [2.24, 2.45) is 4.99 Å². The van der Waals surface area contributed by atoms with Gasteiger partial charge in [0.1, 0.15) is 0 Å². The summed E-state index contributed by atoms with van der Waals surface area (Å²) in [5.41, 5.74) is 1.05. The van der Waals surface area contributed by atoms with Crippen LogP contribution in [0.4, 0.5) is 5.95 Å². The van der Waals surface area contributed by atoms with E-state index in [1.807, 2.05) is 24.6 Å². The number of aliphatic imine (C=N–C) groups is 1. The molecule has 12 heavy (non-hydrogen) atoms. The third-order valence-electron chi connectivity index (χ3n) is 1.53. The lowest BCUT2D eigenvalue weighted by Crippen LogP contribution is -1.87. The maximum atomic E-state index is 4.17. The first-order chi connectivity index (χ1) is 5.79. The molecular formula is C9H13N3. The van der Waals surface area contributed by atoms with Crippen LogP contribution in [-0.2, 0) is 0 Å². The van der Waals surface area contributed by atoms with Gasteiger partial charge in [0.25, 0.3) is 0 Å². The van der Waals surface area contributed by atoms with Crippen molar-refractivity contribution in [2.75, 3.05) is 0 Å². The summed E-state index contributed by atoms with van der Waals surface area (Å²) in [6, 6.07) is 0.